The molecule has 0 saturated carbocycles. The Labute approximate surface area is 238 Å². The van der Waals surface area contributed by atoms with Crippen molar-refractivity contribution in [2.45, 2.75) is 36.6 Å². The van der Waals surface area contributed by atoms with Crippen molar-refractivity contribution in [3.63, 3.8) is 0 Å². The van der Waals surface area contributed by atoms with E-state index in [1.54, 1.807) is 0 Å². The summed E-state index contributed by atoms with van der Waals surface area (Å²) in [6.45, 7) is 8.57. The van der Waals surface area contributed by atoms with Gasteiger partial charge >= 0.3 is 5.97 Å². The van der Waals surface area contributed by atoms with Gasteiger partial charge in [-0.05, 0) is 67.6 Å². The molecule has 1 atom stereocenters. The quantitative estimate of drug-likeness (QED) is 0.236. The van der Waals surface area contributed by atoms with Gasteiger partial charge in [0, 0.05) is 5.56 Å². The van der Waals surface area contributed by atoms with Crippen LogP contribution in [0.15, 0.2) is 102 Å². The number of anilines is 1. The minimum absolute atomic E-state index is 0.302. The van der Waals surface area contributed by atoms with Gasteiger partial charge in [0.15, 0.2) is 4.20 Å². The van der Waals surface area contributed by atoms with Crippen LogP contribution in [0.2, 0.25) is 0 Å². The summed E-state index contributed by atoms with van der Waals surface area (Å²) >= 11 is 3.33. The van der Waals surface area contributed by atoms with Crippen LogP contribution in [-0.4, -0.2) is 17.6 Å². The molecule has 2 heterocycles. The van der Waals surface area contributed by atoms with Gasteiger partial charge < -0.3 is 4.74 Å². The average molecular weight is 551 g/mol. The first-order chi connectivity index (χ1) is 18.9. The van der Waals surface area contributed by atoms with Gasteiger partial charge in [-0.25, -0.2) is 9.80 Å². The van der Waals surface area contributed by atoms with Gasteiger partial charge in [0.05, 0.1) is 17.0 Å². The molecule has 196 valence electrons. The third kappa shape index (κ3) is 4.00. The zero-order valence-electron chi connectivity index (χ0n) is 22.5. The predicted molar refractivity (Wildman–Crippen MR) is 163 cm³/mol. The van der Waals surface area contributed by atoms with E-state index in [9.17, 15) is 4.79 Å². The lowest BCUT2D eigenvalue weighted by Gasteiger charge is -2.38. The molecule has 4 nitrogen and oxygen atoms in total. The molecule has 0 fully saturated rings. The minimum atomic E-state index is -0.724. The smallest absolute Gasteiger partial charge is 0.365 e. The zero-order chi connectivity index (χ0) is 27.2. The van der Waals surface area contributed by atoms with Crippen LogP contribution in [0.1, 0.15) is 45.9 Å². The number of rotatable bonds is 5. The Morgan fingerprint density at radius 3 is 1.87 bits per heavy atom. The predicted octanol–water partition coefficient (Wildman–Crippen LogP) is 7.89. The molecular formula is C33H30N2O2S2. The number of carbonyl (C=O) groups is 1. The van der Waals surface area contributed by atoms with Gasteiger partial charge in [0.1, 0.15) is 0 Å². The molecule has 4 aromatic rings. The lowest BCUT2D eigenvalue weighted by atomic mass is 9.79. The van der Waals surface area contributed by atoms with Crippen molar-refractivity contribution in [1.29, 1.82) is 0 Å². The standard InChI is InChI=1S/C33H30N2O2S2/c1-5-37-31(36)30-34-35(25-20-18-22(2)19-21-25)33(38-30)29-17-11-10-16-28(29)32(39-33,26-14-8-6-12-23(26)3)27-15-9-7-13-24(27)4/h6-21H,5H2,1-4H3. The maximum Gasteiger partial charge on any atom is 0.365 e. The molecule has 2 aliphatic heterocycles. The molecule has 1 spiro atoms. The molecule has 2 aliphatic rings. The Balaban J connectivity index is 1.66. The highest BCUT2D eigenvalue weighted by Gasteiger charge is 2.62. The summed E-state index contributed by atoms with van der Waals surface area (Å²) in [6.07, 6.45) is 0. The number of nitrogens with zero attached hydrogens (tertiary/aromatic N) is 2. The van der Waals surface area contributed by atoms with E-state index >= 15 is 0 Å². The molecule has 4 aromatic carbocycles. The van der Waals surface area contributed by atoms with E-state index in [-0.39, 0.29) is 5.97 Å². The van der Waals surface area contributed by atoms with Gasteiger partial charge in [-0.3, -0.25) is 0 Å². The van der Waals surface area contributed by atoms with E-state index in [4.69, 9.17) is 9.84 Å². The van der Waals surface area contributed by atoms with Gasteiger partial charge in [-0.15, -0.1) is 0 Å². The van der Waals surface area contributed by atoms with Crippen LogP contribution in [0.3, 0.4) is 0 Å². The van der Waals surface area contributed by atoms with Crippen LogP contribution in [0.25, 0.3) is 0 Å². The Morgan fingerprint density at radius 2 is 1.31 bits per heavy atom. The molecule has 1 unspecified atom stereocenters. The van der Waals surface area contributed by atoms with Gasteiger partial charge in [0.2, 0.25) is 5.04 Å². The van der Waals surface area contributed by atoms with E-state index in [0.717, 1.165) is 11.3 Å². The molecule has 0 N–H and O–H groups in total. The maximum absolute atomic E-state index is 13.1. The molecule has 39 heavy (non-hydrogen) atoms. The van der Waals surface area contributed by atoms with E-state index in [1.807, 2.05) is 23.7 Å². The Hall–Kier alpha value is -3.48. The highest BCUT2D eigenvalue weighted by atomic mass is 32.2. The van der Waals surface area contributed by atoms with Crippen molar-refractivity contribution in [1.82, 2.24) is 0 Å². The first-order valence-corrected chi connectivity index (χ1v) is 14.8. The van der Waals surface area contributed by atoms with Crippen LogP contribution < -0.4 is 5.01 Å². The van der Waals surface area contributed by atoms with Crippen molar-refractivity contribution in [2.75, 3.05) is 11.6 Å². The van der Waals surface area contributed by atoms with E-state index in [0.29, 0.717) is 11.7 Å². The van der Waals surface area contributed by atoms with Crippen LogP contribution in [0, 0.1) is 20.8 Å². The van der Waals surface area contributed by atoms with E-state index < -0.39 is 8.95 Å². The molecule has 6 heteroatoms. The summed E-state index contributed by atoms with van der Waals surface area (Å²) in [6, 6.07) is 34.3. The number of hydrazone groups is 1. The molecule has 0 radical (unpaired) electrons. The topological polar surface area (TPSA) is 41.9 Å². The second kappa shape index (κ2) is 9.92. The summed E-state index contributed by atoms with van der Waals surface area (Å²) in [5.41, 5.74) is 9.36. The van der Waals surface area contributed by atoms with Crippen molar-refractivity contribution in [3.05, 3.63) is 136 Å². The van der Waals surface area contributed by atoms with Crippen LogP contribution >= 0.6 is 23.5 Å². The van der Waals surface area contributed by atoms with Gasteiger partial charge in [-0.1, -0.05) is 114 Å². The molecule has 0 bridgehead atoms. The first kappa shape index (κ1) is 25.8. The van der Waals surface area contributed by atoms with E-state index in [1.165, 1.54) is 45.1 Å². The lowest BCUT2D eigenvalue weighted by Crippen LogP contribution is -2.34. The number of hydrogen-bond donors (Lipinski definition) is 0. The number of thioether (sulfide) groups is 2. The van der Waals surface area contributed by atoms with Crippen molar-refractivity contribution < 1.29 is 9.53 Å². The fourth-order valence-electron chi connectivity index (χ4n) is 5.64. The summed E-state index contributed by atoms with van der Waals surface area (Å²) in [7, 11) is 0. The number of ether oxygens (including phenoxy) is 1. The SMILES string of the molecule is CCOC(=O)C1=NN(c2ccc(C)cc2)C2(S1)SC(c1ccccc1C)(c1ccccc1C)c1ccccc12. The number of hydrogen-bond acceptors (Lipinski definition) is 6. The van der Waals surface area contributed by atoms with Crippen molar-refractivity contribution >= 4 is 40.2 Å². The van der Waals surface area contributed by atoms with Crippen LogP contribution in [0.4, 0.5) is 5.69 Å². The van der Waals surface area contributed by atoms with E-state index in [2.05, 4.69) is 118 Å². The molecule has 6 rings (SSSR count). The number of benzene rings is 4. The number of esters is 1. The number of fused-ring (bicyclic) bond motifs is 2. The number of carbonyl (C=O) groups excluding carboxylic acids is 1. The average Bonchev–Trinajstić information content (AvgIpc) is 3.47. The highest BCUT2D eigenvalue weighted by Crippen LogP contribution is 2.71. The Kier molecular flexibility index (Phi) is 6.56. The van der Waals surface area contributed by atoms with Crippen molar-refractivity contribution in [3.8, 4) is 0 Å². The minimum Gasteiger partial charge on any atom is -0.461 e. The third-order valence-corrected chi connectivity index (χ3v) is 10.7. The summed E-state index contributed by atoms with van der Waals surface area (Å²) in [5, 5.41) is 7.35. The fourth-order valence-corrected chi connectivity index (χ4v) is 9.37. The second-order valence-corrected chi connectivity index (χ2v) is 12.8. The van der Waals surface area contributed by atoms with Gasteiger partial charge in [-0.2, -0.15) is 5.10 Å². The van der Waals surface area contributed by atoms with Crippen LogP contribution in [0.5, 0.6) is 0 Å². The molecule has 0 aromatic heterocycles. The highest BCUT2D eigenvalue weighted by molar-refractivity contribution is 8.27. The third-order valence-electron chi connectivity index (χ3n) is 7.42. The first-order valence-electron chi connectivity index (χ1n) is 13.1. The van der Waals surface area contributed by atoms with Gasteiger partial charge in [0.25, 0.3) is 0 Å². The Morgan fingerprint density at radius 1 is 0.769 bits per heavy atom. The molecule has 0 saturated heterocycles. The monoisotopic (exact) mass is 550 g/mol. The summed E-state index contributed by atoms with van der Waals surface area (Å²) in [4.78, 5) is 13.1. The largest absolute Gasteiger partial charge is 0.461 e. The fraction of sp³-hybridized carbons (Fsp3) is 0.212. The second-order valence-electron chi connectivity index (χ2n) is 9.92. The maximum atomic E-state index is 13.1. The normalized spacial score (nSPS) is 19.2. The molecule has 0 amide bonds. The summed E-state index contributed by atoms with van der Waals surface area (Å²) in [5.74, 6) is -0.390. The molecular weight excluding hydrogens is 521 g/mol. The van der Waals surface area contributed by atoms with Crippen molar-refractivity contribution in [2.24, 2.45) is 5.10 Å². The Bertz CT molecular complexity index is 1550. The lowest BCUT2D eigenvalue weighted by molar-refractivity contribution is -0.134. The summed E-state index contributed by atoms with van der Waals surface area (Å²) < 4.78 is 4.20. The number of aryl methyl sites for hydroxylation is 3. The van der Waals surface area contributed by atoms with Crippen LogP contribution in [-0.2, 0) is 18.5 Å². The molecule has 0 aliphatic carbocycles. The zero-order valence-corrected chi connectivity index (χ0v) is 24.1.